The Morgan fingerprint density at radius 1 is 1.14 bits per heavy atom. The molecule has 0 unspecified atom stereocenters. The Morgan fingerprint density at radius 3 is 2.75 bits per heavy atom. The van der Waals surface area contributed by atoms with Gasteiger partial charge in [0.05, 0.1) is 5.56 Å². The van der Waals surface area contributed by atoms with Crippen molar-refractivity contribution in [3.05, 3.63) is 93.4 Å². The van der Waals surface area contributed by atoms with Gasteiger partial charge in [-0.25, -0.2) is 0 Å². The molecule has 7 heteroatoms. The van der Waals surface area contributed by atoms with Crippen LogP contribution in [0.15, 0.2) is 53.6 Å². The van der Waals surface area contributed by atoms with Gasteiger partial charge in [0.1, 0.15) is 0 Å². The van der Waals surface area contributed by atoms with Gasteiger partial charge in [-0.15, -0.1) is 11.8 Å². The summed E-state index contributed by atoms with van der Waals surface area (Å²) in [6.45, 7) is 7.67. The van der Waals surface area contributed by atoms with E-state index in [2.05, 4.69) is 29.1 Å². The minimum absolute atomic E-state index is 0.0323. The van der Waals surface area contributed by atoms with Crippen LogP contribution in [0.2, 0.25) is 0 Å². The number of benzene rings is 2. The standard InChI is InChI=1S/C29H30N4O2S/c1-17-18(2)32-26-10-9-20(13-24(17)26)29(35)33-12-11-22-21(16-33)14-30-19(3)25(22)15-31-28(34)23-7-5-6-8-27(23)36-4/h5-10,13-14,32H,11-12,15-16H2,1-4H3,(H,31,34). The first kappa shape index (κ1) is 24.1. The Hall–Kier alpha value is -3.58. The quantitative estimate of drug-likeness (QED) is 0.364. The Balaban J connectivity index is 1.34. The summed E-state index contributed by atoms with van der Waals surface area (Å²) in [5.41, 5.74) is 8.94. The van der Waals surface area contributed by atoms with Gasteiger partial charge in [0.2, 0.25) is 0 Å². The average molecular weight is 499 g/mol. The number of nitrogens with zero attached hydrogens (tertiary/aromatic N) is 2. The predicted molar refractivity (Wildman–Crippen MR) is 145 cm³/mol. The van der Waals surface area contributed by atoms with Gasteiger partial charge in [0, 0.05) is 58.6 Å². The summed E-state index contributed by atoms with van der Waals surface area (Å²) >= 11 is 1.56. The number of carbonyl (C=O) groups is 2. The molecule has 5 rings (SSSR count). The topological polar surface area (TPSA) is 78.1 Å². The summed E-state index contributed by atoms with van der Waals surface area (Å²) in [6.07, 6.45) is 4.59. The van der Waals surface area contributed by atoms with Crippen molar-refractivity contribution in [2.75, 3.05) is 12.8 Å². The second kappa shape index (κ2) is 9.82. The molecule has 2 amide bonds. The van der Waals surface area contributed by atoms with Crippen molar-refractivity contribution in [3.63, 3.8) is 0 Å². The molecule has 36 heavy (non-hydrogen) atoms. The number of H-pyrrole nitrogens is 1. The number of aromatic amines is 1. The maximum atomic E-state index is 13.4. The third kappa shape index (κ3) is 4.39. The lowest BCUT2D eigenvalue weighted by Gasteiger charge is -2.30. The van der Waals surface area contributed by atoms with Crippen LogP contribution >= 0.6 is 11.8 Å². The number of hydrogen-bond donors (Lipinski definition) is 2. The van der Waals surface area contributed by atoms with Crippen LogP contribution in [0.1, 0.15) is 54.4 Å². The summed E-state index contributed by atoms with van der Waals surface area (Å²) in [5.74, 6) is -0.0554. The Morgan fingerprint density at radius 2 is 1.94 bits per heavy atom. The Kier molecular flexibility index (Phi) is 6.58. The number of nitrogens with one attached hydrogen (secondary N) is 2. The van der Waals surface area contributed by atoms with Crippen LogP contribution in [0.5, 0.6) is 0 Å². The van der Waals surface area contributed by atoms with Gasteiger partial charge in [0.15, 0.2) is 0 Å². The van der Waals surface area contributed by atoms with Gasteiger partial charge >= 0.3 is 0 Å². The van der Waals surface area contributed by atoms with E-state index in [1.54, 1.807) is 11.8 Å². The summed E-state index contributed by atoms with van der Waals surface area (Å²) in [7, 11) is 0. The van der Waals surface area contributed by atoms with Crippen LogP contribution in [0.25, 0.3) is 10.9 Å². The summed E-state index contributed by atoms with van der Waals surface area (Å²) in [5, 5.41) is 4.18. The van der Waals surface area contributed by atoms with E-state index in [1.165, 1.54) is 11.1 Å². The fourth-order valence-corrected chi connectivity index (χ4v) is 5.60. The molecule has 1 aliphatic heterocycles. The molecule has 184 valence electrons. The number of amides is 2. The Labute approximate surface area is 215 Å². The van der Waals surface area contributed by atoms with E-state index in [4.69, 9.17) is 0 Å². The van der Waals surface area contributed by atoms with Crippen molar-refractivity contribution in [1.82, 2.24) is 20.2 Å². The van der Waals surface area contributed by atoms with Crippen LogP contribution in [0, 0.1) is 20.8 Å². The van der Waals surface area contributed by atoms with Crippen molar-refractivity contribution in [3.8, 4) is 0 Å². The molecule has 0 atom stereocenters. The lowest BCUT2D eigenvalue weighted by molar-refractivity contribution is 0.0734. The molecule has 6 nitrogen and oxygen atoms in total. The van der Waals surface area contributed by atoms with Crippen LogP contribution in [0.4, 0.5) is 0 Å². The van der Waals surface area contributed by atoms with Crippen LogP contribution in [-0.2, 0) is 19.5 Å². The summed E-state index contributed by atoms with van der Waals surface area (Å²) in [6, 6.07) is 13.5. The number of rotatable bonds is 5. The highest BCUT2D eigenvalue weighted by molar-refractivity contribution is 7.98. The molecule has 0 saturated heterocycles. The highest BCUT2D eigenvalue weighted by Crippen LogP contribution is 2.27. The van der Waals surface area contributed by atoms with Gasteiger partial charge in [-0.1, -0.05) is 12.1 Å². The SMILES string of the molecule is CSc1ccccc1C(=O)NCc1c(C)ncc2c1CCN(C(=O)c1ccc3[nH]c(C)c(C)c3c1)C2. The second-order valence-corrected chi connectivity index (χ2v) is 10.2. The largest absolute Gasteiger partial charge is 0.358 e. The molecule has 0 radical (unpaired) electrons. The minimum Gasteiger partial charge on any atom is -0.358 e. The monoisotopic (exact) mass is 498 g/mol. The first-order valence-corrected chi connectivity index (χ1v) is 13.4. The number of fused-ring (bicyclic) bond motifs is 2. The highest BCUT2D eigenvalue weighted by Gasteiger charge is 2.25. The van der Waals surface area contributed by atoms with Gasteiger partial charge < -0.3 is 15.2 Å². The van der Waals surface area contributed by atoms with E-state index in [1.807, 2.05) is 66.7 Å². The number of aryl methyl sites for hydroxylation is 3. The van der Waals surface area contributed by atoms with E-state index in [0.29, 0.717) is 30.8 Å². The zero-order valence-electron chi connectivity index (χ0n) is 21.1. The molecule has 2 aromatic carbocycles. The average Bonchev–Trinajstić information content (AvgIpc) is 3.19. The number of carbonyl (C=O) groups excluding carboxylic acids is 2. The minimum atomic E-state index is -0.0877. The zero-order valence-corrected chi connectivity index (χ0v) is 21.9. The molecular weight excluding hydrogens is 468 g/mol. The summed E-state index contributed by atoms with van der Waals surface area (Å²) < 4.78 is 0. The highest BCUT2D eigenvalue weighted by atomic mass is 32.2. The number of thioether (sulfide) groups is 1. The van der Waals surface area contributed by atoms with Crippen LogP contribution in [-0.4, -0.2) is 39.5 Å². The number of aromatic nitrogens is 2. The molecule has 0 saturated carbocycles. The van der Waals surface area contributed by atoms with Crippen molar-refractivity contribution < 1.29 is 9.59 Å². The normalized spacial score (nSPS) is 13.1. The molecule has 0 fully saturated rings. The van der Waals surface area contributed by atoms with Gasteiger partial charge in [-0.3, -0.25) is 14.6 Å². The molecule has 4 aromatic rings. The maximum Gasteiger partial charge on any atom is 0.254 e. The first-order valence-electron chi connectivity index (χ1n) is 12.1. The van der Waals surface area contributed by atoms with Crippen molar-refractivity contribution in [2.45, 2.75) is 45.2 Å². The van der Waals surface area contributed by atoms with Gasteiger partial charge in [0.25, 0.3) is 11.8 Å². The van der Waals surface area contributed by atoms with Crippen LogP contribution in [0.3, 0.4) is 0 Å². The number of pyridine rings is 1. The van der Waals surface area contributed by atoms with Crippen molar-refractivity contribution in [1.29, 1.82) is 0 Å². The van der Waals surface area contributed by atoms with E-state index in [0.717, 1.165) is 44.7 Å². The third-order valence-corrected chi connectivity index (χ3v) is 8.01. The fraction of sp³-hybridized carbons (Fsp3) is 0.276. The first-order chi connectivity index (χ1) is 17.4. The molecule has 2 N–H and O–H groups in total. The van der Waals surface area contributed by atoms with Gasteiger partial charge in [-0.05, 0) is 86.0 Å². The van der Waals surface area contributed by atoms with E-state index in [9.17, 15) is 9.59 Å². The fourth-order valence-electron chi connectivity index (χ4n) is 5.00. The number of hydrogen-bond acceptors (Lipinski definition) is 4. The molecule has 0 bridgehead atoms. The van der Waals surface area contributed by atoms with E-state index < -0.39 is 0 Å². The molecule has 2 aromatic heterocycles. The van der Waals surface area contributed by atoms with Crippen LogP contribution < -0.4 is 5.32 Å². The zero-order chi connectivity index (χ0) is 25.4. The van der Waals surface area contributed by atoms with Crippen molar-refractivity contribution >= 4 is 34.5 Å². The molecular formula is C29H30N4O2S. The summed E-state index contributed by atoms with van der Waals surface area (Å²) in [4.78, 5) is 37.1. The lowest BCUT2D eigenvalue weighted by atomic mass is 9.94. The Bertz CT molecular complexity index is 1490. The second-order valence-electron chi connectivity index (χ2n) is 9.32. The molecule has 3 heterocycles. The van der Waals surface area contributed by atoms with E-state index >= 15 is 0 Å². The van der Waals surface area contributed by atoms with E-state index in [-0.39, 0.29) is 11.8 Å². The maximum absolute atomic E-state index is 13.4. The smallest absolute Gasteiger partial charge is 0.254 e. The van der Waals surface area contributed by atoms with Crippen molar-refractivity contribution in [2.24, 2.45) is 0 Å². The third-order valence-electron chi connectivity index (χ3n) is 7.22. The van der Waals surface area contributed by atoms with Gasteiger partial charge in [-0.2, -0.15) is 0 Å². The molecule has 1 aliphatic rings. The lowest BCUT2D eigenvalue weighted by Crippen LogP contribution is -2.37. The predicted octanol–water partition coefficient (Wildman–Crippen LogP) is 5.34. The molecule has 0 spiro atoms. The molecule has 0 aliphatic carbocycles.